The van der Waals surface area contributed by atoms with Crippen molar-refractivity contribution in [3.05, 3.63) is 41.2 Å². The molecule has 2 aliphatic heterocycles. The van der Waals surface area contributed by atoms with Crippen molar-refractivity contribution in [3.8, 4) is 10.6 Å². The van der Waals surface area contributed by atoms with Gasteiger partial charge in [-0.25, -0.2) is 9.37 Å². The van der Waals surface area contributed by atoms with Crippen LogP contribution in [0.3, 0.4) is 0 Å². The van der Waals surface area contributed by atoms with Gasteiger partial charge in [-0.15, -0.1) is 11.3 Å². The van der Waals surface area contributed by atoms with Crippen molar-refractivity contribution in [2.75, 3.05) is 53.0 Å². The molecule has 2 amide bonds. The van der Waals surface area contributed by atoms with E-state index < -0.39 is 0 Å². The molecule has 0 aliphatic carbocycles. The molecule has 0 spiro atoms. The molecule has 0 bridgehead atoms. The summed E-state index contributed by atoms with van der Waals surface area (Å²) in [6.07, 6.45) is 0.299. The Morgan fingerprint density at radius 1 is 1.23 bits per heavy atom. The number of piperazine rings is 1. The van der Waals surface area contributed by atoms with Crippen molar-refractivity contribution in [1.29, 1.82) is 0 Å². The molecule has 9 heteroatoms. The average Bonchev–Trinajstić information content (AvgIpc) is 3.39. The van der Waals surface area contributed by atoms with E-state index in [1.807, 2.05) is 10.3 Å². The van der Waals surface area contributed by atoms with E-state index in [9.17, 15) is 14.0 Å². The van der Waals surface area contributed by atoms with Crippen molar-refractivity contribution in [1.82, 2.24) is 19.7 Å². The summed E-state index contributed by atoms with van der Waals surface area (Å²) in [5.41, 5.74) is 1.90. The van der Waals surface area contributed by atoms with Crippen molar-refractivity contribution in [2.24, 2.45) is 5.92 Å². The second kappa shape index (κ2) is 9.84. The Balaban J connectivity index is 1.26. The highest BCUT2D eigenvalue weighted by molar-refractivity contribution is 7.13. The number of likely N-dealkylation sites (tertiary alicyclic amines) is 1. The second-order valence-corrected chi connectivity index (χ2v) is 8.84. The molecule has 2 fully saturated rings. The SMILES string of the molecule is COCCN1CC(C(=O)N2CCN(Cc3csc(-c4ccc(F)cc4)n3)CC2)CC1=O. The summed E-state index contributed by atoms with van der Waals surface area (Å²) in [5, 5.41) is 2.92. The van der Waals surface area contributed by atoms with Crippen LogP contribution in [0.5, 0.6) is 0 Å². The molecule has 1 aromatic heterocycles. The van der Waals surface area contributed by atoms with Crippen molar-refractivity contribution < 1.29 is 18.7 Å². The molecule has 1 unspecified atom stereocenters. The Morgan fingerprint density at radius 3 is 2.68 bits per heavy atom. The van der Waals surface area contributed by atoms with Gasteiger partial charge in [0.1, 0.15) is 10.8 Å². The third-order valence-corrected chi connectivity index (χ3v) is 6.78. The molecule has 2 saturated heterocycles. The van der Waals surface area contributed by atoms with E-state index in [-0.39, 0.29) is 23.5 Å². The van der Waals surface area contributed by atoms with Gasteiger partial charge in [0.25, 0.3) is 0 Å². The highest BCUT2D eigenvalue weighted by atomic mass is 32.1. The zero-order valence-electron chi connectivity index (χ0n) is 17.6. The van der Waals surface area contributed by atoms with Crippen molar-refractivity contribution in [3.63, 3.8) is 0 Å². The Bertz CT molecular complexity index is 912. The maximum Gasteiger partial charge on any atom is 0.228 e. The minimum Gasteiger partial charge on any atom is -0.383 e. The molecular formula is C22H27FN4O3S. The second-order valence-electron chi connectivity index (χ2n) is 7.99. The molecule has 7 nitrogen and oxygen atoms in total. The molecule has 2 aromatic rings. The van der Waals surface area contributed by atoms with E-state index in [1.165, 1.54) is 12.1 Å². The number of halogens is 1. The standard InChI is InChI=1S/C22H27FN4O3S/c1-30-11-10-27-13-17(12-20(27)28)22(29)26-8-6-25(7-9-26)14-19-15-31-21(24-19)16-2-4-18(23)5-3-16/h2-5,15,17H,6-14H2,1H3. The van der Waals surface area contributed by atoms with E-state index in [2.05, 4.69) is 9.88 Å². The number of carbonyl (C=O) groups excluding carboxylic acids is 2. The number of carbonyl (C=O) groups is 2. The number of methoxy groups -OCH3 is 1. The summed E-state index contributed by atoms with van der Waals surface area (Å²) in [7, 11) is 1.61. The zero-order chi connectivity index (χ0) is 21.8. The maximum atomic E-state index is 13.1. The van der Waals surface area contributed by atoms with Crippen molar-refractivity contribution in [2.45, 2.75) is 13.0 Å². The highest BCUT2D eigenvalue weighted by Crippen LogP contribution is 2.25. The number of amides is 2. The van der Waals surface area contributed by atoms with Crippen LogP contribution in [0.25, 0.3) is 10.6 Å². The molecule has 166 valence electrons. The zero-order valence-corrected chi connectivity index (χ0v) is 18.4. The van der Waals surface area contributed by atoms with Gasteiger partial charge >= 0.3 is 0 Å². The number of nitrogens with zero attached hydrogens (tertiary/aromatic N) is 4. The van der Waals surface area contributed by atoms with Crippen LogP contribution in [0.15, 0.2) is 29.6 Å². The third kappa shape index (κ3) is 5.28. The van der Waals surface area contributed by atoms with Gasteiger partial charge in [0.2, 0.25) is 11.8 Å². The van der Waals surface area contributed by atoms with Crippen LogP contribution in [0.1, 0.15) is 12.1 Å². The lowest BCUT2D eigenvalue weighted by Gasteiger charge is -2.35. The quantitative estimate of drug-likeness (QED) is 0.652. The molecule has 31 heavy (non-hydrogen) atoms. The lowest BCUT2D eigenvalue weighted by Crippen LogP contribution is -2.50. The minimum atomic E-state index is -0.252. The number of ether oxygens (including phenoxy) is 1. The van der Waals surface area contributed by atoms with E-state index in [1.54, 1.807) is 35.5 Å². The van der Waals surface area contributed by atoms with Gasteiger partial charge in [0.05, 0.1) is 18.2 Å². The lowest BCUT2D eigenvalue weighted by atomic mass is 10.1. The fourth-order valence-corrected chi connectivity index (χ4v) is 4.89. The van der Waals surface area contributed by atoms with E-state index in [4.69, 9.17) is 4.74 Å². The number of hydrogen-bond acceptors (Lipinski definition) is 6. The molecule has 1 atom stereocenters. The van der Waals surface area contributed by atoms with Crippen LogP contribution in [0.2, 0.25) is 0 Å². The van der Waals surface area contributed by atoms with Gasteiger partial charge in [0, 0.05) is 70.3 Å². The smallest absolute Gasteiger partial charge is 0.228 e. The third-order valence-electron chi connectivity index (χ3n) is 5.84. The van der Waals surface area contributed by atoms with Gasteiger partial charge in [-0.05, 0) is 24.3 Å². The van der Waals surface area contributed by atoms with Gasteiger partial charge in [-0.1, -0.05) is 0 Å². The van der Waals surface area contributed by atoms with Gasteiger partial charge < -0.3 is 14.5 Å². The predicted octanol–water partition coefficient (Wildman–Crippen LogP) is 2.09. The van der Waals surface area contributed by atoms with Gasteiger partial charge in [-0.3, -0.25) is 14.5 Å². The minimum absolute atomic E-state index is 0.0366. The average molecular weight is 447 g/mol. The first-order valence-electron chi connectivity index (χ1n) is 10.5. The maximum absolute atomic E-state index is 13.1. The largest absolute Gasteiger partial charge is 0.383 e. The van der Waals surface area contributed by atoms with E-state index >= 15 is 0 Å². The Morgan fingerprint density at radius 2 is 1.97 bits per heavy atom. The normalized spacial score (nSPS) is 19.9. The molecule has 4 rings (SSSR count). The number of aromatic nitrogens is 1. The Labute approximate surface area is 185 Å². The van der Waals surface area contributed by atoms with Crippen molar-refractivity contribution >= 4 is 23.2 Å². The summed E-state index contributed by atoms with van der Waals surface area (Å²) in [4.78, 5) is 35.6. The van der Waals surface area contributed by atoms with Crippen LogP contribution < -0.4 is 0 Å². The highest BCUT2D eigenvalue weighted by Gasteiger charge is 2.37. The fourth-order valence-electron chi connectivity index (χ4n) is 4.07. The summed E-state index contributed by atoms with van der Waals surface area (Å²) in [6, 6.07) is 6.38. The molecule has 0 saturated carbocycles. The van der Waals surface area contributed by atoms with Crippen LogP contribution in [0.4, 0.5) is 4.39 Å². The number of thiazole rings is 1. The van der Waals surface area contributed by atoms with Crippen LogP contribution in [-0.2, 0) is 20.9 Å². The molecule has 0 N–H and O–H groups in total. The lowest BCUT2D eigenvalue weighted by molar-refractivity contribution is -0.137. The van der Waals surface area contributed by atoms with E-state index in [0.717, 1.165) is 35.9 Å². The van der Waals surface area contributed by atoms with Crippen LogP contribution in [-0.4, -0.2) is 84.5 Å². The Hall–Kier alpha value is -2.36. The van der Waals surface area contributed by atoms with E-state index in [0.29, 0.717) is 39.2 Å². The Kier molecular flexibility index (Phi) is 6.94. The molecule has 1 aromatic carbocycles. The molecule has 3 heterocycles. The summed E-state index contributed by atoms with van der Waals surface area (Å²) in [5.74, 6) is -0.375. The summed E-state index contributed by atoms with van der Waals surface area (Å²) >= 11 is 1.55. The summed E-state index contributed by atoms with van der Waals surface area (Å²) in [6.45, 7) is 5.14. The molecule has 0 radical (unpaired) electrons. The topological polar surface area (TPSA) is 66.0 Å². The monoisotopic (exact) mass is 446 g/mol. The predicted molar refractivity (Wildman–Crippen MR) is 116 cm³/mol. The van der Waals surface area contributed by atoms with Crippen LogP contribution in [0, 0.1) is 11.7 Å². The first kappa shape index (κ1) is 21.9. The first-order chi connectivity index (χ1) is 15.0. The number of rotatable bonds is 7. The van der Waals surface area contributed by atoms with Gasteiger partial charge in [0.15, 0.2) is 0 Å². The van der Waals surface area contributed by atoms with Gasteiger partial charge in [-0.2, -0.15) is 0 Å². The van der Waals surface area contributed by atoms with Crippen LogP contribution >= 0.6 is 11.3 Å². The molecular weight excluding hydrogens is 419 g/mol. The first-order valence-corrected chi connectivity index (χ1v) is 11.4. The number of benzene rings is 1. The number of hydrogen-bond donors (Lipinski definition) is 0. The summed E-state index contributed by atoms with van der Waals surface area (Å²) < 4.78 is 18.2. The molecule has 2 aliphatic rings. The fraction of sp³-hybridized carbons (Fsp3) is 0.500.